The summed E-state index contributed by atoms with van der Waals surface area (Å²) in [6, 6.07) is 6.87. The number of rotatable bonds is 2. The van der Waals surface area contributed by atoms with E-state index in [4.69, 9.17) is 14.4 Å². The molecule has 4 nitrogen and oxygen atoms in total. The Bertz CT molecular complexity index is 577. The van der Waals surface area contributed by atoms with Crippen molar-refractivity contribution in [1.82, 2.24) is 0 Å². The number of hydrogen-bond acceptors (Lipinski definition) is 4. The van der Waals surface area contributed by atoms with Crippen molar-refractivity contribution in [2.45, 2.75) is 13.3 Å². The van der Waals surface area contributed by atoms with Gasteiger partial charge in [-0.3, -0.25) is 4.79 Å². The molecule has 16 heavy (non-hydrogen) atoms. The SMILES string of the molecule is CCC(=O)Oc1ccc(C#N)c2occc12. The predicted octanol–water partition coefficient (Wildman–Crippen LogP) is 2.62. The lowest BCUT2D eigenvalue weighted by molar-refractivity contribution is -0.133. The molecule has 1 aromatic carbocycles. The molecule has 4 heteroatoms. The largest absolute Gasteiger partial charge is 0.463 e. The van der Waals surface area contributed by atoms with Gasteiger partial charge >= 0.3 is 5.97 Å². The fourth-order valence-electron chi connectivity index (χ4n) is 1.41. The number of ether oxygens (including phenoxy) is 1. The van der Waals surface area contributed by atoms with Crippen LogP contribution >= 0.6 is 0 Å². The van der Waals surface area contributed by atoms with Crippen LogP contribution in [0.3, 0.4) is 0 Å². The van der Waals surface area contributed by atoms with E-state index in [-0.39, 0.29) is 5.97 Å². The molecule has 0 fully saturated rings. The van der Waals surface area contributed by atoms with Crippen LogP contribution in [0.5, 0.6) is 5.75 Å². The average Bonchev–Trinajstić information content (AvgIpc) is 2.78. The van der Waals surface area contributed by atoms with E-state index in [1.165, 1.54) is 6.26 Å². The van der Waals surface area contributed by atoms with Gasteiger partial charge in [0.1, 0.15) is 11.8 Å². The average molecular weight is 215 g/mol. The normalized spacial score (nSPS) is 10.0. The summed E-state index contributed by atoms with van der Waals surface area (Å²) in [6.07, 6.45) is 1.77. The second-order valence-corrected chi connectivity index (χ2v) is 3.21. The number of nitrogens with zero attached hydrogens (tertiary/aromatic N) is 1. The maximum Gasteiger partial charge on any atom is 0.310 e. The minimum atomic E-state index is -0.313. The highest BCUT2D eigenvalue weighted by Crippen LogP contribution is 2.29. The predicted molar refractivity (Wildman–Crippen MR) is 56.9 cm³/mol. The first-order valence-corrected chi connectivity index (χ1v) is 4.87. The van der Waals surface area contributed by atoms with E-state index < -0.39 is 0 Å². The van der Waals surface area contributed by atoms with Gasteiger partial charge in [-0.1, -0.05) is 6.92 Å². The first kappa shape index (κ1) is 10.2. The number of hydrogen-bond donors (Lipinski definition) is 0. The molecule has 0 unspecified atom stereocenters. The minimum Gasteiger partial charge on any atom is -0.463 e. The monoisotopic (exact) mass is 215 g/mol. The number of fused-ring (bicyclic) bond motifs is 1. The van der Waals surface area contributed by atoms with E-state index in [1.807, 2.05) is 6.07 Å². The number of furan rings is 1. The van der Waals surface area contributed by atoms with Crippen LogP contribution < -0.4 is 4.74 Å². The van der Waals surface area contributed by atoms with E-state index in [0.29, 0.717) is 28.7 Å². The zero-order chi connectivity index (χ0) is 11.5. The van der Waals surface area contributed by atoms with Crippen molar-refractivity contribution in [3.63, 3.8) is 0 Å². The standard InChI is InChI=1S/C12H9NO3/c1-2-11(14)16-10-4-3-8(7-13)12-9(10)5-6-15-12/h3-6H,2H2,1H3. The fraction of sp³-hybridized carbons (Fsp3) is 0.167. The lowest BCUT2D eigenvalue weighted by Gasteiger charge is -2.03. The second-order valence-electron chi connectivity index (χ2n) is 3.21. The third-order valence-corrected chi connectivity index (χ3v) is 2.21. The lowest BCUT2D eigenvalue weighted by atomic mass is 10.1. The molecule has 0 aliphatic rings. The molecule has 2 rings (SSSR count). The Kier molecular flexibility index (Phi) is 2.61. The van der Waals surface area contributed by atoms with E-state index in [0.717, 1.165) is 0 Å². The molecule has 0 bridgehead atoms. The molecular formula is C12H9NO3. The molecule has 0 N–H and O–H groups in total. The summed E-state index contributed by atoms with van der Waals surface area (Å²) in [6.45, 7) is 1.72. The fourth-order valence-corrected chi connectivity index (χ4v) is 1.41. The van der Waals surface area contributed by atoms with Gasteiger partial charge in [0.05, 0.1) is 17.2 Å². The van der Waals surface area contributed by atoms with Crippen molar-refractivity contribution >= 4 is 16.9 Å². The number of esters is 1. The molecule has 0 spiro atoms. The number of nitriles is 1. The molecule has 0 saturated heterocycles. The van der Waals surface area contributed by atoms with Gasteiger partial charge in [0.25, 0.3) is 0 Å². The molecule has 2 aromatic rings. The van der Waals surface area contributed by atoms with Crippen LogP contribution in [0.4, 0.5) is 0 Å². The smallest absolute Gasteiger partial charge is 0.310 e. The first-order chi connectivity index (χ1) is 7.76. The summed E-state index contributed by atoms with van der Waals surface area (Å²) in [4.78, 5) is 11.2. The van der Waals surface area contributed by atoms with E-state index in [9.17, 15) is 4.79 Å². The van der Waals surface area contributed by atoms with Crippen LogP contribution in [0.1, 0.15) is 18.9 Å². The molecule has 1 aromatic heterocycles. The molecule has 1 heterocycles. The maximum atomic E-state index is 11.2. The van der Waals surface area contributed by atoms with Crippen LogP contribution in [0.2, 0.25) is 0 Å². The summed E-state index contributed by atoms with van der Waals surface area (Å²) < 4.78 is 10.3. The van der Waals surface area contributed by atoms with Gasteiger partial charge in [-0.25, -0.2) is 0 Å². The molecule has 0 aliphatic heterocycles. The van der Waals surface area contributed by atoms with Crippen molar-refractivity contribution < 1.29 is 13.9 Å². The summed E-state index contributed by atoms with van der Waals surface area (Å²) in [7, 11) is 0. The first-order valence-electron chi connectivity index (χ1n) is 4.87. The second kappa shape index (κ2) is 4.07. The van der Waals surface area contributed by atoms with Crippen molar-refractivity contribution in [2.24, 2.45) is 0 Å². The Morgan fingerprint density at radius 2 is 2.31 bits per heavy atom. The summed E-state index contributed by atoms with van der Waals surface area (Å²) in [5.74, 6) is 0.113. The molecule has 80 valence electrons. The van der Waals surface area contributed by atoms with Crippen LogP contribution in [0.15, 0.2) is 28.9 Å². The molecule has 0 saturated carbocycles. The van der Waals surface area contributed by atoms with Gasteiger partial charge < -0.3 is 9.15 Å². The molecule has 0 radical (unpaired) electrons. The zero-order valence-corrected chi connectivity index (χ0v) is 8.69. The van der Waals surface area contributed by atoms with Gasteiger partial charge in [0.15, 0.2) is 5.58 Å². The Labute approximate surface area is 92.0 Å². The van der Waals surface area contributed by atoms with Gasteiger partial charge in [-0.05, 0) is 18.2 Å². The topological polar surface area (TPSA) is 63.2 Å². The number of benzene rings is 1. The Morgan fingerprint density at radius 3 is 3.00 bits per heavy atom. The highest BCUT2D eigenvalue weighted by molar-refractivity contribution is 5.90. The van der Waals surface area contributed by atoms with E-state index in [1.54, 1.807) is 25.1 Å². The number of carbonyl (C=O) groups is 1. The van der Waals surface area contributed by atoms with Crippen LogP contribution in [-0.4, -0.2) is 5.97 Å². The van der Waals surface area contributed by atoms with Crippen LogP contribution in [0.25, 0.3) is 11.0 Å². The van der Waals surface area contributed by atoms with Crippen molar-refractivity contribution in [1.29, 1.82) is 5.26 Å². The number of carbonyl (C=O) groups excluding carboxylic acids is 1. The summed E-state index contributed by atoms with van der Waals surface area (Å²) >= 11 is 0. The lowest BCUT2D eigenvalue weighted by Crippen LogP contribution is -2.05. The Hall–Kier alpha value is -2.28. The van der Waals surface area contributed by atoms with Crippen LogP contribution in [-0.2, 0) is 4.79 Å². The highest BCUT2D eigenvalue weighted by Gasteiger charge is 2.11. The molecule has 0 aliphatic carbocycles. The van der Waals surface area contributed by atoms with E-state index in [2.05, 4.69) is 0 Å². The highest BCUT2D eigenvalue weighted by atomic mass is 16.5. The maximum absolute atomic E-state index is 11.2. The van der Waals surface area contributed by atoms with Crippen molar-refractivity contribution in [3.05, 3.63) is 30.0 Å². The minimum absolute atomic E-state index is 0.305. The third-order valence-electron chi connectivity index (χ3n) is 2.21. The van der Waals surface area contributed by atoms with Gasteiger partial charge in [0, 0.05) is 6.42 Å². The molecular weight excluding hydrogens is 206 g/mol. The van der Waals surface area contributed by atoms with Gasteiger partial charge in [0.2, 0.25) is 0 Å². The quantitative estimate of drug-likeness (QED) is 0.570. The van der Waals surface area contributed by atoms with Crippen molar-refractivity contribution in [3.8, 4) is 11.8 Å². The van der Waals surface area contributed by atoms with Gasteiger partial charge in [-0.2, -0.15) is 5.26 Å². The van der Waals surface area contributed by atoms with Crippen LogP contribution in [0, 0.1) is 11.3 Å². The molecule has 0 atom stereocenters. The molecule has 0 amide bonds. The summed E-state index contributed by atoms with van der Waals surface area (Å²) in [5.41, 5.74) is 0.875. The van der Waals surface area contributed by atoms with E-state index >= 15 is 0 Å². The Morgan fingerprint density at radius 1 is 1.50 bits per heavy atom. The van der Waals surface area contributed by atoms with Gasteiger partial charge in [-0.15, -0.1) is 0 Å². The van der Waals surface area contributed by atoms with Crippen molar-refractivity contribution in [2.75, 3.05) is 0 Å². The Balaban J connectivity index is 2.52. The third kappa shape index (κ3) is 1.63. The zero-order valence-electron chi connectivity index (χ0n) is 8.69. The summed E-state index contributed by atoms with van der Waals surface area (Å²) in [5, 5.41) is 9.49.